The Bertz CT molecular complexity index is 831. The quantitative estimate of drug-likeness (QED) is 0.130. The van der Waals surface area contributed by atoms with Gasteiger partial charge >= 0.3 is 177 Å². The van der Waals surface area contributed by atoms with Gasteiger partial charge in [0.1, 0.15) is 0 Å². The van der Waals surface area contributed by atoms with Gasteiger partial charge in [0.2, 0.25) is 0 Å². The standard InChI is InChI=1S/C33H53O2P/c1-4-5-6-7-8-9-10-11-12-13-14-15-16-17-24-29-33(34)35-36(2,3,32-27-22-19-23-28-32)30-31-25-20-18-21-26-31/h18-23,25-28H,4-17,24,29-30H2,1-3H3. The molecule has 0 heterocycles. The summed E-state index contributed by atoms with van der Waals surface area (Å²) in [5.74, 6) is -0.0351. The molecule has 0 aliphatic heterocycles. The molecule has 0 unspecified atom stereocenters. The fraction of sp³-hybridized carbons (Fsp3) is 0.606. The Kier molecular flexibility index (Phi) is 14.4. The van der Waals surface area contributed by atoms with E-state index in [2.05, 4.69) is 68.8 Å². The molecule has 0 amide bonds. The average molecular weight is 513 g/mol. The minimum atomic E-state index is -2.88. The minimum absolute atomic E-state index is 0.0351. The predicted octanol–water partition coefficient (Wildman–Crippen LogP) is 10.0. The van der Waals surface area contributed by atoms with Gasteiger partial charge in [0.05, 0.1) is 0 Å². The van der Waals surface area contributed by atoms with E-state index < -0.39 is 6.83 Å². The summed E-state index contributed by atoms with van der Waals surface area (Å²) < 4.78 is 6.43. The van der Waals surface area contributed by atoms with Crippen LogP contribution in [0.5, 0.6) is 0 Å². The van der Waals surface area contributed by atoms with Crippen molar-refractivity contribution in [3.8, 4) is 0 Å². The fourth-order valence-corrected chi connectivity index (χ4v) is 8.67. The third-order valence-corrected chi connectivity index (χ3v) is 11.4. The summed E-state index contributed by atoms with van der Waals surface area (Å²) in [4.78, 5) is 13.0. The van der Waals surface area contributed by atoms with Crippen LogP contribution in [-0.4, -0.2) is 19.3 Å². The Morgan fingerprint density at radius 2 is 1.03 bits per heavy atom. The maximum atomic E-state index is 13.0. The third kappa shape index (κ3) is 12.1. The molecular weight excluding hydrogens is 459 g/mol. The van der Waals surface area contributed by atoms with Gasteiger partial charge < -0.3 is 0 Å². The van der Waals surface area contributed by atoms with Crippen LogP contribution in [-0.2, 0) is 15.5 Å². The molecule has 0 aromatic heterocycles. The van der Waals surface area contributed by atoms with E-state index in [1.807, 2.05) is 12.1 Å². The van der Waals surface area contributed by atoms with Crippen molar-refractivity contribution in [3.63, 3.8) is 0 Å². The zero-order chi connectivity index (χ0) is 26.0. The van der Waals surface area contributed by atoms with Gasteiger partial charge in [-0.05, 0) is 0 Å². The molecule has 0 bridgehead atoms. The molecule has 0 N–H and O–H groups in total. The maximum absolute atomic E-state index is 13.0. The predicted molar refractivity (Wildman–Crippen MR) is 161 cm³/mol. The van der Waals surface area contributed by atoms with Gasteiger partial charge in [-0.2, -0.15) is 0 Å². The Hall–Kier alpha value is -1.66. The monoisotopic (exact) mass is 512 g/mol. The summed E-state index contributed by atoms with van der Waals surface area (Å²) in [5, 5.41) is 1.16. The van der Waals surface area contributed by atoms with E-state index in [1.165, 1.54) is 89.0 Å². The van der Waals surface area contributed by atoms with E-state index in [1.54, 1.807) is 0 Å². The van der Waals surface area contributed by atoms with Crippen molar-refractivity contribution >= 4 is 18.1 Å². The molecule has 0 spiro atoms. The van der Waals surface area contributed by atoms with Gasteiger partial charge in [0, 0.05) is 0 Å². The van der Waals surface area contributed by atoms with Crippen LogP contribution in [0.3, 0.4) is 0 Å². The SMILES string of the molecule is CCCCCCCCCCCCCCCCCC(=O)OP(C)(C)(Cc1ccccc1)c1ccccc1. The zero-order valence-corrected chi connectivity index (χ0v) is 24.5. The van der Waals surface area contributed by atoms with Crippen molar-refractivity contribution in [2.45, 2.75) is 116 Å². The Morgan fingerprint density at radius 3 is 1.50 bits per heavy atom. The van der Waals surface area contributed by atoms with Crippen LogP contribution in [0, 0.1) is 0 Å². The topological polar surface area (TPSA) is 26.3 Å². The van der Waals surface area contributed by atoms with Crippen LogP contribution in [0.15, 0.2) is 60.7 Å². The van der Waals surface area contributed by atoms with Crippen LogP contribution in [0.4, 0.5) is 0 Å². The first kappa shape index (κ1) is 30.6. The van der Waals surface area contributed by atoms with E-state index in [0.717, 1.165) is 24.3 Å². The van der Waals surface area contributed by atoms with Crippen molar-refractivity contribution in [2.75, 3.05) is 13.3 Å². The average Bonchev–Trinajstić information content (AvgIpc) is 2.87. The van der Waals surface area contributed by atoms with E-state index >= 15 is 0 Å². The van der Waals surface area contributed by atoms with Crippen molar-refractivity contribution in [1.82, 2.24) is 0 Å². The van der Waals surface area contributed by atoms with Gasteiger partial charge in [-0.3, -0.25) is 0 Å². The van der Waals surface area contributed by atoms with Crippen molar-refractivity contribution in [2.24, 2.45) is 0 Å². The number of hydrogen-bond donors (Lipinski definition) is 0. The molecule has 3 heteroatoms. The Morgan fingerprint density at radius 1 is 0.611 bits per heavy atom. The van der Waals surface area contributed by atoms with E-state index in [0.29, 0.717) is 6.42 Å². The van der Waals surface area contributed by atoms with E-state index in [4.69, 9.17) is 4.52 Å². The summed E-state index contributed by atoms with van der Waals surface area (Å²) in [5.41, 5.74) is 1.23. The summed E-state index contributed by atoms with van der Waals surface area (Å²) in [6.45, 7) is 3.78. The molecule has 2 aromatic rings. The molecule has 0 aliphatic rings. The first-order valence-electron chi connectivity index (χ1n) is 14.8. The number of carbonyl (C=O) groups is 1. The van der Waals surface area contributed by atoms with Crippen LogP contribution in [0.1, 0.15) is 115 Å². The summed E-state index contributed by atoms with van der Waals surface area (Å²) in [6, 6.07) is 20.8. The third-order valence-electron chi connectivity index (χ3n) is 7.42. The summed E-state index contributed by atoms with van der Waals surface area (Å²) in [6.07, 6.45) is 21.3. The van der Waals surface area contributed by atoms with E-state index in [-0.39, 0.29) is 5.97 Å². The molecule has 0 saturated carbocycles. The molecule has 2 rings (SSSR count). The molecule has 0 aliphatic carbocycles. The van der Waals surface area contributed by atoms with Gasteiger partial charge in [0.25, 0.3) is 0 Å². The first-order valence-corrected chi connectivity index (χ1v) is 18.0. The van der Waals surface area contributed by atoms with Crippen molar-refractivity contribution in [3.05, 3.63) is 66.2 Å². The summed E-state index contributed by atoms with van der Waals surface area (Å²) in [7, 11) is 0. The number of rotatable bonds is 20. The molecule has 0 saturated heterocycles. The second-order valence-electron chi connectivity index (χ2n) is 11.4. The van der Waals surface area contributed by atoms with Crippen molar-refractivity contribution < 1.29 is 9.32 Å². The van der Waals surface area contributed by atoms with Crippen molar-refractivity contribution in [1.29, 1.82) is 0 Å². The number of unbranched alkanes of at least 4 members (excludes halogenated alkanes) is 14. The molecule has 2 aromatic carbocycles. The van der Waals surface area contributed by atoms with Crippen LogP contribution in [0.2, 0.25) is 0 Å². The van der Waals surface area contributed by atoms with Gasteiger partial charge in [-0.1, -0.05) is 45.4 Å². The second-order valence-corrected chi connectivity index (χ2v) is 17.0. The summed E-state index contributed by atoms with van der Waals surface area (Å²) >= 11 is 0. The first-order chi connectivity index (χ1) is 17.4. The second kappa shape index (κ2) is 17.0. The van der Waals surface area contributed by atoms with Gasteiger partial charge in [-0.15, -0.1) is 0 Å². The van der Waals surface area contributed by atoms with Gasteiger partial charge in [-0.25, -0.2) is 0 Å². The fourth-order valence-electron chi connectivity index (χ4n) is 5.20. The zero-order valence-electron chi connectivity index (χ0n) is 23.6. The molecule has 0 radical (unpaired) electrons. The van der Waals surface area contributed by atoms with Crippen LogP contribution >= 0.6 is 6.83 Å². The number of hydrogen-bond acceptors (Lipinski definition) is 2. The van der Waals surface area contributed by atoms with Crippen LogP contribution < -0.4 is 5.30 Å². The molecular formula is C33H53O2P. The molecule has 36 heavy (non-hydrogen) atoms. The molecule has 0 atom stereocenters. The molecule has 0 fully saturated rings. The van der Waals surface area contributed by atoms with E-state index in [9.17, 15) is 4.79 Å². The Balaban J connectivity index is 1.63. The number of benzene rings is 2. The molecule has 2 nitrogen and oxygen atoms in total. The normalized spacial score (nSPS) is 12.7. The van der Waals surface area contributed by atoms with Crippen LogP contribution in [0.25, 0.3) is 0 Å². The molecule has 202 valence electrons. The Labute approximate surface area is 222 Å². The number of carbonyl (C=O) groups excluding carboxylic acids is 1. The van der Waals surface area contributed by atoms with Gasteiger partial charge in [0.15, 0.2) is 0 Å².